The van der Waals surface area contributed by atoms with Crippen LogP contribution in [-0.4, -0.2) is 31.5 Å². The number of sulfonamides is 1. The number of aryl methyl sites for hydroxylation is 1. The van der Waals surface area contributed by atoms with E-state index in [2.05, 4.69) is 16.6 Å². The second kappa shape index (κ2) is 7.19. The number of nitrogens with zero attached hydrogens (tertiary/aromatic N) is 1. The Bertz CT molecular complexity index is 1090. The molecule has 12 heteroatoms. The van der Waals surface area contributed by atoms with Gasteiger partial charge >= 0.3 is 6.18 Å². The molecule has 1 aliphatic heterocycles. The highest BCUT2D eigenvalue weighted by molar-refractivity contribution is 7.89. The Morgan fingerprint density at radius 1 is 1.41 bits per heavy atom. The minimum atomic E-state index is -4.95. The van der Waals surface area contributed by atoms with Gasteiger partial charge in [0, 0.05) is 18.9 Å². The zero-order valence-corrected chi connectivity index (χ0v) is 15.7. The highest BCUT2D eigenvalue weighted by atomic mass is 32.2. The molecular weight excluding hydrogens is 418 g/mol. The van der Waals surface area contributed by atoms with Crippen molar-refractivity contribution >= 4 is 21.6 Å². The standard InChI is InChI=1S/C17H15F4N3O4S/c1-3-9-8-28-15-13(29(26,27)23-9)7-24(2)14(15)16(25)22-10-4-5-12(18)11(6-10)17(19,20)21/h3-7,9,23H,1,8H2,2H3,(H,22,25). The van der Waals surface area contributed by atoms with E-state index in [-0.39, 0.29) is 28.6 Å². The van der Waals surface area contributed by atoms with Gasteiger partial charge in [0.25, 0.3) is 5.91 Å². The SMILES string of the molecule is C=CC1COc2c(cn(C)c2C(=O)Nc2ccc(F)c(C(F)(F)F)c2)S(=O)(=O)N1. The van der Waals surface area contributed by atoms with E-state index in [4.69, 9.17) is 4.74 Å². The van der Waals surface area contributed by atoms with E-state index in [1.807, 2.05) is 0 Å². The first kappa shape index (κ1) is 20.9. The van der Waals surface area contributed by atoms with Crippen LogP contribution in [0.2, 0.25) is 0 Å². The van der Waals surface area contributed by atoms with Crippen LogP contribution in [-0.2, 0) is 23.2 Å². The molecule has 0 fully saturated rings. The summed E-state index contributed by atoms with van der Waals surface area (Å²) in [7, 11) is -2.65. The monoisotopic (exact) mass is 433 g/mol. The molecule has 0 bridgehead atoms. The van der Waals surface area contributed by atoms with Crippen molar-refractivity contribution in [2.24, 2.45) is 7.05 Å². The van der Waals surface area contributed by atoms with Crippen LogP contribution in [0.1, 0.15) is 16.1 Å². The molecule has 0 aliphatic carbocycles. The highest BCUT2D eigenvalue weighted by Gasteiger charge is 2.36. The van der Waals surface area contributed by atoms with Crippen LogP contribution in [0.3, 0.4) is 0 Å². The maximum Gasteiger partial charge on any atom is 0.419 e. The van der Waals surface area contributed by atoms with E-state index in [0.717, 1.165) is 12.3 Å². The number of amides is 1. The summed E-state index contributed by atoms with van der Waals surface area (Å²) in [5.41, 5.74) is -2.09. The second-order valence-electron chi connectivity index (χ2n) is 6.20. The lowest BCUT2D eigenvalue weighted by Gasteiger charge is -2.13. The van der Waals surface area contributed by atoms with Gasteiger partial charge in [0.2, 0.25) is 10.0 Å². The van der Waals surface area contributed by atoms with Gasteiger partial charge in [-0.05, 0) is 18.2 Å². The number of anilines is 1. The van der Waals surface area contributed by atoms with Crippen molar-refractivity contribution in [3.05, 3.63) is 54.1 Å². The molecule has 0 saturated carbocycles. The minimum Gasteiger partial charge on any atom is -0.488 e. The van der Waals surface area contributed by atoms with Crippen LogP contribution >= 0.6 is 0 Å². The van der Waals surface area contributed by atoms with Gasteiger partial charge < -0.3 is 14.6 Å². The third kappa shape index (κ3) is 3.98. The fourth-order valence-corrected chi connectivity index (χ4v) is 4.15. The molecule has 1 amide bonds. The smallest absolute Gasteiger partial charge is 0.419 e. The number of ether oxygens (including phenoxy) is 1. The summed E-state index contributed by atoms with van der Waals surface area (Å²) in [4.78, 5) is 12.4. The topological polar surface area (TPSA) is 89.4 Å². The lowest BCUT2D eigenvalue weighted by molar-refractivity contribution is -0.139. The lowest BCUT2D eigenvalue weighted by Crippen LogP contribution is -2.35. The Labute approximate surface area is 163 Å². The summed E-state index contributed by atoms with van der Waals surface area (Å²) in [6.07, 6.45) is -2.49. The van der Waals surface area contributed by atoms with Crippen molar-refractivity contribution in [2.45, 2.75) is 17.1 Å². The third-order valence-electron chi connectivity index (χ3n) is 4.13. The molecule has 2 N–H and O–H groups in total. The Morgan fingerprint density at radius 2 is 2.10 bits per heavy atom. The van der Waals surface area contributed by atoms with E-state index in [1.54, 1.807) is 0 Å². The maximum absolute atomic E-state index is 13.4. The third-order valence-corrected chi connectivity index (χ3v) is 5.62. The average Bonchev–Trinajstić information content (AvgIpc) is 2.90. The molecule has 3 rings (SSSR count). The Kier molecular flexibility index (Phi) is 5.17. The molecule has 0 saturated heterocycles. The number of hydrogen-bond donors (Lipinski definition) is 2. The quantitative estimate of drug-likeness (QED) is 0.576. The van der Waals surface area contributed by atoms with E-state index in [1.165, 1.54) is 17.7 Å². The molecule has 7 nitrogen and oxygen atoms in total. The number of rotatable bonds is 3. The predicted molar refractivity (Wildman–Crippen MR) is 94.6 cm³/mol. The lowest BCUT2D eigenvalue weighted by atomic mass is 10.1. The number of benzene rings is 1. The number of carbonyl (C=O) groups is 1. The summed E-state index contributed by atoms with van der Waals surface area (Å²) < 4.78 is 85.9. The molecule has 2 heterocycles. The van der Waals surface area contributed by atoms with Gasteiger partial charge in [-0.15, -0.1) is 6.58 Å². The molecule has 0 radical (unpaired) electrons. The van der Waals surface area contributed by atoms with E-state index in [0.29, 0.717) is 12.1 Å². The first-order valence-corrected chi connectivity index (χ1v) is 9.57. The van der Waals surface area contributed by atoms with Crippen molar-refractivity contribution in [1.82, 2.24) is 9.29 Å². The highest BCUT2D eigenvalue weighted by Crippen LogP contribution is 2.35. The molecule has 0 spiro atoms. The number of aromatic nitrogens is 1. The molecule has 2 aromatic rings. The van der Waals surface area contributed by atoms with Crippen molar-refractivity contribution < 1.29 is 35.5 Å². The van der Waals surface area contributed by atoms with Crippen LogP contribution < -0.4 is 14.8 Å². The molecule has 1 aliphatic rings. The van der Waals surface area contributed by atoms with Gasteiger partial charge in [0.15, 0.2) is 11.4 Å². The van der Waals surface area contributed by atoms with Crippen LogP contribution in [0.4, 0.5) is 23.2 Å². The Hall–Kier alpha value is -2.86. The van der Waals surface area contributed by atoms with Crippen molar-refractivity contribution in [3.63, 3.8) is 0 Å². The molecule has 29 heavy (non-hydrogen) atoms. The Morgan fingerprint density at radius 3 is 2.72 bits per heavy atom. The Balaban J connectivity index is 1.99. The van der Waals surface area contributed by atoms with Gasteiger partial charge in [-0.3, -0.25) is 4.79 Å². The largest absolute Gasteiger partial charge is 0.488 e. The minimum absolute atomic E-state index is 0.144. The van der Waals surface area contributed by atoms with Gasteiger partial charge in [-0.25, -0.2) is 17.5 Å². The van der Waals surface area contributed by atoms with Gasteiger partial charge in [0.05, 0.1) is 11.6 Å². The number of fused-ring (bicyclic) bond motifs is 1. The summed E-state index contributed by atoms with van der Waals surface area (Å²) in [5, 5.41) is 2.21. The van der Waals surface area contributed by atoms with E-state index >= 15 is 0 Å². The van der Waals surface area contributed by atoms with Crippen molar-refractivity contribution in [2.75, 3.05) is 11.9 Å². The number of nitrogens with one attached hydrogen (secondary N) is 2. The summed E-state index contributed by atoms with van der Waals surface area (Å²) in [6, 6.07) is 1.24. The number of carbonyl (C=O) groups excluding carboxylic acids is 1. The van der Waals surface area contributed by atoms with Gasteiger partial charge in [-0.2, -0.15) is 13.2 Å². The molecule has 156 valence electrons. The van der Waals surface area contributed by atoms with Gasteiger partial charge in [0.1, 0.15) is 17.3 Å². The van der Waals surface area contributed by atoms with Crippen molar-refractivity contribution in [1.29, 1.82) is 0 Å². The van der Waals surface area contributed by atoms with E-state index < -0.39 is 39.5 Å². The molecule has 1 aromatic carbocycles. The first-order valence-electron chi connectivity index (χ1n) is 8.09. The predicted octanol–water partition coefficient (Wildman–Crippen LogP) is 2.66. The van der Waals surface area contributed by atoms with E-state index in [9.17, 15) is 30.8 Å². The van der Waals surface area contributed by atoms with Crippen LogP contribution in [0, 0.1) is 5.82 Å². The fourth-order valence-electron chi connectivity index (χ4n) is 2.77. The molecule has 1 aromatic heterocycles. The number of hydrogen-bond acceptors (Lipinski definition) is 4. The summed E-state index contributed by atoms with van der Waals surface area (Å²) in [6.45, 7) is 3.35. The van der Waals surface area contributed by atoms with Crippen LogP contribution in [0.5, 0.6) is 5.75 Å². The zero-order chi connectivity index (χ0) is 21.6. The van der Waals surface area contributed by atoms with Crippen molar-refractivity contribution in [3.8, 4) is 5.75 Å². The summed E-state index contributed by atoms with van der Waals surface area (Å²) in [5.74, 6) is -2.67. The first-order chi connectivity index (χ1) is 13.4. The normalized spacial score (nSPS) is 18.3. The number of alkyl halides is 3. The fraction of sp³-hybridized carbons (Fsp3) is 0.235. The molecule has 1 unspecified atom stereocenters. The number of halogens is 4. The van der Waals surface area contributed by atoms with Crippen LogP contribution in [0.15, 0.2) is 41.9 Å². The molecule has 1 atom stereocenters. The van der Waals surface area contributed by atoms with Crippen LogP contribution in [0.25, 0.3) is 0 Å². The molecular formula is C17H15F4N3O4S. The summed E-state index contributed by atoms with van der Waals surface area (Å²) >= 11 is 0. The average molecular weight is 433 g/mol. The second-order valence-corrected chi connectivity index (χ2v) is 7.89. The van der Waals surface area contributed by atoms with Gasteiger partial charge in [-0.1, -0.05) is 6.08 Å². The maximum atomic E-state index is 13.4. The zero-order valence-electron chi connectivity index (χ0n) is 14.9.